The summed E-state index contributed by atoms with van der Waals surface area (Å²) >= 11 is 3.06. The molecule has 142 valence electrons. The van der Waals surface area contributed by atoms with Crippen LogP contribution >= 0.6 is 22.7 Å². The van der Waals surface area contributed by atoms with Crippen LogP contribution in [0.4, 0.5) is 21.6 Å². The van der Waals surface area contributed by atoms with Gasteiger partial charge in [-0.05, 0) is 30.0 Å². The summed E-state index contributed by atoms with van der Waals surface area (Å²) < 4.78 is 1.05. The largest absolute Gasteiger partial charge is 0.368 e. The number of nitrogens with zero attached hydrogens (tertiary/aromatic N) is 4. The van der Waals surface area contributed by atoms with Crippen LogP contribution in [0.25, 0.3) is 10.2 Å². The predicted octanol–water partition coefficient (Wildman–Crippen LogP) is 4.15. The van der Waals surface area contributed by atoms with E-state index in [4.69, 9.17) is 0 Å². The van der Waals surface area contributed by atoms with E-state index in [1.165, 1.54) is 11.3 Å². The average Bonchev–Trinajstić information content (AvgIpc) is 3.33. The number of carbonyl (C=O) groups is 1. The number of carbonyl (C=O) groups excluding carboxylic acids is 1. The topological polar surface area (TPSA) is 105 Å². The predicted molar refractivity (Wildman–Crippen MR) is 113 cm³/mol. The van der Waals surface area contributed by atoms with Gasteiger partial charge < -0.3 is 5.32 Å². The fourth-order valence-electron chi connectivity index (χ4n) is 2.55. The molecule has 4 heterocycles. The van der Waals surface area contributed by atoms with Crippen LogP contribution in [0, 0.1) is 6.92 Å². The molecule has 4 aromatic rings. The minimum Gasteiger partial charge on any atom is -0.368 e. The van der Waals surface area contributed by atoms with E-state index in [2.05, 4.69) is 35.9 Å². The number of fused-ring (bicyclic) bond motifs is 1. The van der Waals surface area contributed by atoms with E-state index in [1.807, 2.05) is 30.5 Å². The Morgan fingerprint density at radius 2 is 2.04 bits per heavy atom. The zero-order valence-electron chi connectivity index (χ0n) is 15.0. The number of urea groups is 1. The van der Waals surface area contributed by atoms with E-state index in [-0.39, 0.29) is 6.03 Å². The van der Waals surface area contributed by atoms with Crippen LogP contribution in [0.15, 0.2) is 42.3 Å². The first-order valence-corrected chi connectivity index (χ1v) is 10.2. The number of aryl methyl sites for hydroxylation is 1. The molecule has 0 aliphatic rings. The first-order chi connectivity index (χ1) is 13.7. The van der Waals surface area contributed by atoms with Crippen molar-refractivity contribution < 1.29 is 4.79 Å². The van der Waals surface area contributed by atoms with Gasteiger partial charge in [0.05, 0.1) is 10.2 Å². The van der Waals surface area contributed by atoms with Gasteiger partial charge in [-0.3, -0.25) is 10.6 Å². The molecule has 4 aromatic heterocycles. The molecule has 0 bridgehead atoms. The van der Waals surface area contributed by atoms with Crippen LogP contribution in [0.2, 0.25) is 0 Å². The maximum atomic E-state index is 12.1. The summed E-state index contributed by atoms with van der Waals surface area (Å²) in [5, 5.41) is 11.4. The van der Waals surface area contributed by atoms with E-state index in [1.54, 1.807) is 30.1 Å². The Balaban J connectivity index is 1.30. The van der Waals surface area contributed by atoms with Gasteiger partial charge in [0.2, 0.25) is 0 Å². The molecular weight excluding hydrogens is 394 g/mol. The lowest BCUT2D eigenvalue weighted by molar-refractivity contribution is 0.262. The summed E-state index contributed by atoms with van der Waals surface area (Å²) in [5.41, 5.74) is 1.84. The molecular formula is C18H17N7OS2. The number of amides is 2. The molecule has 28 heavy (non-hydrogen) atoms. The number of pyridine rings is 1. The van der Waals surface area contributed by atoms with Gasteiger partial charge in [0.25, 0.3) is 0 Å². The van der Waals surface area contributed by atoms with Crippen LogP contribution < -0.4 is 16.0 Å². The monoisotopic (exact) mass is 411 g/mol. The standard InChI is InChI=1S/C18H17N7OS2/c1-11-3-2-6-19-15(11)24-17(26)25-18-21-9-12(28-18)4-7-20-16-14-13(5-8-27-14)22-10-23-16/h2-3,5-6,8-10H,4,7H2,1H3,(H,20,22,23)(H2,19,21,24,25,26). The second-order valence-electron chi connectivity index (χ2n) is 5.91. The summed E-state index contributed by atoms with van der Waals surface area (Å²) in [4.78, 5) is 30.1. The molecule has 10 heteroatoms. The van der Waals surface area contributed by atoms with Crippen LogP contribution in [-0.4, -0.2) is 32.5 Å². The highest BCUT2D eigenvalue weighted by Crippen LogP contribution is 2.25. The van der Waals surface area contributed by atoms with Gasteiger partial charge >= 0.3 is 6.03 Å². The van der Waals surface area contributed by atoms with Gasteiger partial charge in [-0.15, -0.1) is 22.7 Å². The molecule has 0 saturated carbocycles. The lowest BCUT2D eigenvalue weighted by atomic mass is 10.3. The second-order valence-corrected chi connectivity index (χ2v) is 7.95. The third-order valence-electron chi connectivity index (χ3n) is 3.92. The Morgan fingerprint density at radius 1 is 1.11 bits per heavy atom. The molecule has 0 fully saturated rings. The van der Waals surface area contributed by atoms with Crippen LogP contribution in [0.3, 0.4) is 0 Å². The summed E-state index contributed by atoms with van der Waals surface area (Å²) in [6.45, 7) is 2.60. The number of hydrogen-bond donors (Lipinski definition) is 3. The molecule has 0 radical (unpaired) electrons. The summed E-state index contributed by atoms with van der Waals surface area (Å²) in [6, 6.07) is 5.33. The lowest BCUT2D eigenvalue weighted by Gasteiger charge is -2.06. The highest BCUT2D eigenvalue weighted by molar-refractivity contribution is 7.17. The number of thiophene rings is 1. The van der Waals surface area contributed by atoms with Crippen LogP contribution in [0.5, 0.6) is 0 Å². The van der Waals surface area contributed by atoms with Gasteiger partial charge in [-0.2, -0.15) is 0 Å². The second kappa shape index (κ2) is 8.28. The molecule has 0 aliphatic heterocycles. The smallest absolute Gasteiger partial charge is 0.326 e. The van der Waals surface area contributed by atoms with Crippen molar-refractivity contribution >= 4 is 55.7 Å². The zero-order chi connectivity index (χ0) is 19.3. The maximum absolute atomic E-state index is 12.1. The highest BCUT2D eigenvalue weighted by atomic mass is 32.1. The van der Waals surface area contributed by atoms with Gasteiger partial charge in [-0.1, -0.05) is 6.07 Å². The van der Waals surface area contributed by atoms with E-state index in [0.29, 0.717) is 17.5 Å². The number of nitrogens with one attached hydrogen (secondary N) is 3. The van der Waals surface area contributed by atoms with Crippen molar-refractivity contribution in [3.63, 3.8) is 0 Å². The fourth-order valence-corrected chi connectivity index (χ4v) is 4.17. The quantitative estimate of drug-likeness (QED) is 0.440. The fraction of sp³-hybridized carbons (Fsp3) is 0.167. The Hall–Kier alpha value is -3.11. The Kier molecular flexibility index (Phi) is 5.40. The van der Waals surface area contributed by atoms with Gasteiger partial charge in [0, 0.05) is 30.2 Å². The van der Waals surface area contributed by atoms with Gasteiger partial charge in [-0.25, -0.2) is 24.7 Å². The number of anilines is 3. The third-order valence-corrected chi connectivity index (χ3v) is 5.81. The Labute approximate surface area is 169 Å². The molecule has 4 rings (SSSR count). The Morgan fingerprint density at radius 3 is 2.93 bits per heavy atom. The van der Waals surface area contributed by atoms with E-state index in [9.17, 15) is 4.79 Å². The minimum absolute atomic E-state index is 0.359. The number of hydrogen-bond acceptors (Lipinski definition) is 8. The van der Waals surface area contributed by atoms with Crippen molar-refractivity contribution in [3.8, 4) is 0 Å². The zero-order valence-corrected chi connectivity index (χ0v) is 16.6. The van der Waals surface area contributed by atoms with Crippen LogP contribution in [0.1, 0.15) is 10.4 Å². The molecule has 0 aromatic carbocycles. The van der Waals surface area contributed by atoms with Crippen LogP contribution in [-0.2, 0) is 6.42 Å². The molecule has 2 amide bonds. The van der Waals surface area contributed by atoms with Crippen molar-refractivity contribution in [2.75, 3.05) is 22.5 Å². The number of aromatic nitrogens is 4. The molecule has 0 saturated heterocycles. The molecule has 0 atom stereocenters. The SMILES string of the molecule is Cc1cccnc1NC(=O)Nc1ncc(CCNc2ncnc3ccsc23)s1. The van der Waals surface area contributed by atoms with Crippen molar-refractivity contribution in [2.45, 2.75) is 13.3 Å². The lowest BCUT2D eigenvalue weighted by Crippen LogP contribution is -2.20. The van der Waals surface area contributed by atoms with Crippen molar-refractivity contribution in [1.82, 2.24) is 19.9 Å². The molecule has 0 unspecified atom stereocenters. The van der Waals surface area contributed by atoms with E-state index >= 15 is 0 Å². The van der Waals surface area contributed by atoms with E-state index < -0.39 is 0 Å². The number of thiazole rings is 1. The number of rotatable bonds is 6. The van der Waals surface area contributed by atoms with Crippen molar-refractivity contribution in [3.05, 3.63) is 52.7 Å². The van der Waals surface area contributed by atoms with E-state index in [0.717, 1.165) is 32.9 Å². The van der Waals surface area contributed by atoms with Gasteiger partial charge in [0.15, 0.2) is 5.13 Å². The van der Waals surface area contributed by atoms with Crippen molar-refractivity contribution in [2.24, 2.45) is 0 Å². The minimum atomic E-state index is -0.359. The maximum Gasteiger partial charge on any atom is 0.326 e. The highest BCUT2D eigenvalue weighted by Gasteiger charge is 2.09. The molecule has 8 nitrogen and oxygen atoms in total. The first kappa shape index (κ1) is 18.3. The molecule has 0 aliphatic carbocycles. The van der Waals surface area contributed by atoms with Gasteiger partial charge in [0.1, 0.15) is 18.0 Å². The normalized spacial score (nSPS) is 10.8. The average molecular weight is 412 g/mol. The Bertz CT molecular complexity index is 1110. The molecule has 3 N–H and O–H groups in total. The third kappa shape index (κ3) is 4.24. The summed E-state index contributed by atoms with van der Waals surface area (Å²) in [7, 11) is 0. The summed E-state index contributed by atoms with van der Waals surface area (Å²) in [5.74, 6) is 1.37. The van der Waals surface area contributed by atoms with Crippen molar-refractivity contribution in [1.29, 1.82) is 0 Å². The first-order valence-electron chi connectivity index (χ1n) is 8.55. The summed E-state index contributed by atoms with van der Waals surface area (Å²) in [6.07, 6.45) is 5.75. The molecule has 0 spiro atoms.